The van der Waals surface area contributed by atoms with E-state index in [-0.39, 0.29) is 5.91 Å². The van der Waals surface area contributed by atoms with Gasteiger partial charge in [-0.3, -0.25) is 4.79 Å². The Morgan fingerprint density at radius 1 is 1.18 bits per heavy atom. The van der Waals surface area contributed by atoms with Crippen LogP contribution in [0.2, 0.25) is 0 Å². The minimum absolute atomic E-state index is 0.225. The minimum Gasteiger partial charge on any atom is -0.353 e. The van der Waals surface area contributed by atoms with Crippen LogP contribution in [0.3, 0.4) is 0 Å². The first kappa shape index (κ1) is 19.5. The maximum absolute atomic E-state index is 12.4. The Morgan fingerprint density at radius 2 is 1.93 bits per heavy atom. The van der Waals surface area contributed by atoms with E-state index in [4.69, 9.17) is 0 Å². The van der Waals surface area contributed by atoms with Gasteiger partial charge in [-0.1, -0.05) is 31.4 Å². The van der Waals surface area contributed by atoms with E-state index in [0.717, 1.165) is 32.2 Å². The van der Waals surface area contributed by atoms with Crippen LogP contribution in [-0.4, -0.2) is 41.1 Å². The van der Waals surface area contributed by atoms with Gasteiger partial charge in [0, 0.05) is 48.2 Å². The van der Waals surface area contributed by atoms with Crippen LogP contribution in [0, 0.1) is 0 Å². The zero-order valence-corrected chi connectivity index (χ0v) is 17.7. The van der Waals surface area contributed by atoms with Gasteiger partial charge in [-0.25, -0.2) is 0 Å². The molecule has 1 fully saturated rings. The molecule has 4 heteroatoms. The van der Waals surface area contributed by atoms with Gasteiger partial charge in [-0.15, -0.1) is 0 Å². The normalized spacial score (nSPS) is 20.2. The Morgan fingerprint density at radius 3 is 2.68 bits per heavy atom. The highest BCUT2D eigenvalue weighted by Crippen LogP contribution is 2.34. The molecule has 1 aromatic heterocycles. The van der Waals surface area contributed by atoms with Gasteiger partial charge in [0.25, 0.3) is 0 Å². The number of benzene rings is 1. The van der Waals surface area contributed by atoms with E-state index in [1.54, 1.807) is 0 Å². The molecule has 2 aliphatic rings. The van der Waals surface area contributed by atoms with Crippen molar-refractivity contribution >= 4 is 16.8 Å². The molecular formula is C24H35N3O. The van der Waals surface area contributed by atoms with Crippen LogP contribution in [0.25, 0.3) is 10.9 Å². The van der Waals surface area contributed by atoms with Gasteiger partial charge in [-0.05, 0) is 63.8 Å². The van der Waals surface area contributed by atoms with Gasteiger partial charge in [0.2, 0.25) is 5.91 Å². The molecule has 1 heterocycles. The fraction of sp³-hybridized carbons (Fsp3) is 0.625. The minimum atomic E-state index is 0.225. The molecule has 0 bridgehead atoms. The maximum atomic E-state index is 12.4. The molecule has 1 aromatic carbocycles. The summed E-state index contributed by atoms with van der Waals surface area (Å²) in [7, 11) is 2.18. The summed E-state index contributed by atoms with van der Waals surface area (Å²) in [6, 6.07) is 8.10. The molecule has 1 atom stereocenters. The number of aromatic nitrogens is 1. The van der Waals surface area contributed by atoms with Crippen molar-refractivity contribution in [2.24, 2.45) is 0 Å². The van der Waals surface area contributed by atoms with Crippen LogP contribution in [0.15, 0.2) is 24.4 Å². The summed E-state index contributed by atoms with van der Waals surface area (Å²) < 4.78 is 2.41. The first-order valence-electron chi connectivity index (χ1n) is 11.1. The standard InChI is InChI=1S/C24H35N3O/c1-17(2)27-16-19-15-21(14-18-8-7-11-22(27)24(18)19)26(3)13-12-23(28)25-20-9-5-4-6-10-20/h7-8,11,16-17,20-21H,4-6,9-10,12-15H2,1-3H3,(H,25,28)/t21-/m1/s1. The third-order valence-electron chi connectivity index (χ3n) is 6.78. The lowest BCUT2D eigenvalue weighted by Crippen LogP contribution is -2.41. The smallest absolute Gasteiger partial charge is 0.221 e. The fourth-order valence-corrected chi connectivity index (χ4v) is 5.13. The molecule has 2 aliphatic carbocycles. The van der Waals surface area contributed by atoms with E-state index in [1.807, 2.05) is 0 Å². The summed E-state index contributed by atoms with van der Waals surface area (Å²) in [6.45, 7) is 5.34. The molecule has 2 aromatic rings. The zero-order valence-electron chi connectivity index (χ0n) is 17.7. The van der Waals surface area contributed by atoms with Crippen molar-refractivity contribution in [3.63, 3.8) is 0 Å². The van der Waals surface area contributed by atoms with Crippen LogP contribution < -0.4 is 5.32 Å². The molecular weight excluding hydrogens is 346 g/mol. The predicted molar refractivity (Wildman–Crippen MR) is 116 cm³/mol. The number of carbonyl (C=O) groups is 1. The molecule has 0 saturated heterocycles. The Kier molecular flexibility index (Phi) is 5.77. The molecule has 4 rings (SSSR count). The molecule has 1 N–H and O–H groups in total. The quantitative estimate of drug-likeness (QED) is 0.802. The van der Waals surface area contributed by atoms with Crippen molar-refractivity contribution in [3.05, 3.63) is 35.5 Å². The molecule has 0 unspecified atom stereocenters. The number of amides is 1. The van der Waals surface area contributed by atoms with Crippen LogP contribution in [0.5, 0.6) is 0 Å². The number of likely N-dealkylation sites (N-methyl/N-ethyl adjacent to an activating group) is 1. The van der Waals surface area contributed by atoms with Gasteiger partial charge in [0.1, 0.15) is 0 Å². The van der Waals surface area contributed by atoms with E-state index >= 15 is 0 Å². The lowest BCUT2D eigenvalue weighted by atomic mass is 9.88. The number of rotatable bonds is 6. The summed E-state index contributed by atoms with van der Waals surface area (Å²) in [6.07, 6.45) is 11.3. The van der Waals surface area contributed by atoms with Gasteiger partial charge >= 0.3 is 0 Å². The zero-order chi connectivity index (χ0) is 19.7. The molecule has 152 valence electrons. The van der Waals surface area contributed by atoms with Crippen LogP contribution in [-0.2, 0) is 17.6 Å². The molecule has 28 heavy (non-hydrogen) atoms. The Bertz CT molecular complexity index is 832. The van der Waals surface area contributed by atoms with Crippen LogP contribution >= 0.6 is 0 Å². The van der Waals surface area contributed by atoms with Crippen molar-refractivity contribution < 1.29 is 4.79 Å². The monoisotopic (exact) mass is 381 g/mol. The van der Waals surface area contributed by atoms with Gasteiger partial charge < -0.3 is 14.8 Å². The number of nitrogens with zero attached hydrogens (tertiary/aromatic N) is 2. The van der Waals surface area contributed by atoms with Gasteiger partial charge in [-0.2, -0.15) is 0 Å². The third-order valence-corrected chi connectivity index (χ3v) is 6.78. The third kappa shape index (κ3) is 3.98. The highest BCUT2D eigenvalue weighted by molar-refractivity contribution is 5.88. The Balaban J connectivity index is 1.38. The average molecular weight is 382 g/mol. The lowest BCUT2D eigenvalue weighted by Gasteiger charge is -2.31. The van der Waals surface area contributed by atoms with E-state index in [0.29, 0.717) is 24.5 Å². The van der Waals surface area contributed by atoms with E-state index in [1.165, 1.54) is 41.3 Å². The Hall–Kier alpha value is -1.81. The average Bonchev–Trinajstić information content (AvgIpc) is 3.07. The molecule has 0 aliphatic heterocycles. The van der Waals surface area contributed by atoms with Crippen molar-refractivity contribution in [1.29, 1.82) is 0 Å². The number of hydrogen-bond donors (Lipinski definition) is 1. The van der Waals surface area contributed by atoms with Crippen molar-refractivity contribution in [3.8, 4) is 0 Å². The Labute approximate surface area is 169 Å². The SMILES string of the molecule is CC(C)n1cc2c3c(cccc31)C[C@@H](N(C)CCC(=O)NC1CCCCC1)C2. The summed E-state index contributed by atoms with van der Waals surface area (Å²) in [5.74, 6) is 0.225. The summed E-state index contributed by atoms with van der Waals surface area (Å²) >= 11 is 0. The van der Waals surface area contributed by atoms with Crippen LogP contribution in [0.1, 0.15) is 69.5 Å². The highest BCUT2D eigenvalue weighted by Gasteiger charge is 2.26. The molecule has 1 saturated carbocycles. The molecule has 0 spiro atoms. The van der Waals surface area contributed by atoms with Crippen molar-refractivity contribution in [1.82, 2.24) is 14.8 Å². The number of carbonyl (C=O) groups excluding carboxylic acids is 1. The second-order valence-electron chi connectivity index (χ2n) is 9.16. The van der Waals surface area contributed by atoms with E-state index < -0.39 is 0 Å². The molecule has 0 radical (unpaired) electrons. The van der Waals surface area contributed by atoms with E-state index in [9.17, 15) is 4.79 Å². The first-order valence-corrected chi connectivity index (χ1v) is 11.1. The summed E-state index contributed by atoms with van der Waals surface area (Å²) in [5, 5.41) is 4.72. The largest absolute Gasteiger partial charge is 0.353 e. The number of hydrogen-bond acceptors (Lipinski definition) is 2. The second-order valence-corrected chi connectivity index (χ2v) is 9.16. The van der Waals surface area contributed by atoms with Crippen molar-refractivity contribution in [2.45, 2.75) is 83.3 Å². The number of nitrogens with one attached hydrogen (secondary N) is 1. The van der Waals surface area contributed by atoms with Gasteiger partial charge in [0.05, 0.1) is 0 Å². The van der Waals surface area contributed by atoms with E-state index in [2.05, 4.69) is 60.1 Å². The summed E-state index contributed by atoms with van der Waals surface area (Å²) in [4.78, 5) is 14.8. The summed E-state index contributed by atoms with van der Waals surface area (Å²) in [5.41, 5.74) is 4.30. The molecule has 4 nitrogen and oxygen atoms in total. The molecule has 1 amide bonds. The predicted octanol–water partition coefficient (Wildman–Crippen LogP) is 4.46. The highest BCUT2D eigenvalue weighted by atomic mass is 16.1. The maximum Gasteiger partial charge on any atom is 0.221 e. The van der Waals surface area contributed by atoms with Crippen LogP contribution in [0.4, 0.5) is 0 Å². The van der Waals surface area contributed by atoms with Crippen molar-refractivity contribution in [2.75, 3.05) is 13.6 Å². The second kappa shape index (κ2) is 8.28. The first-order chi connectivity index (χ1) is 13.5. The topological polar surface area (TPSA) is 37.3 Å². The lowest BCUT2D eigenvalue weighted by molar-refractivity contribution is -0.122. The van der Waals surface area contributed by atoms with Gasteiger partial charge in [0.15, 0.2) is 0 Å². The fourth-order valence-electron chi connectivity index (χ4n) is 5.13.